The highest BCUT2D eigenvalue weighted by atomic mass is 15.2. The maximum absolute atomic E-state index is 5.80. The third-order valence-corrected chi connectivity index (χ3v) is 3.69. The summed E-state index contributed by atoms with van der Waals surface area (Å²) in [6, 6.07) is 10.6. The number of fused-ring (bicyclic) bond motifs is 1. The molecule has 0 radical (unpaired) electrons. The number of benzene rings is 1. The van der Waals surface area contributed by atoms with Crippen molar-refractivity contribution in [1.82, 2.24) is 4.98 Å². The van der Waals surface area contributed by atoms with Crippen LogP contribution in [0.15, 0.2) is 36.5 Å². The van der Waals surface area contributed by atoms with E-state index in [1.807, 2.05) is 6.07 Å². The van der Waals surface area contributed by atoms with Gasteiger partial charge in [0, 0.05) is 12.2 Å². The van der Waals surface area contributed by atoms with Crippen molar-refractivity contribution in [3.63, 3.8) is 0 Å². The Bertz CT molecular complexity index is 592. The third-order valence-electron chi connectivity index (χ3n) is 3.69. The van der Waals surface area contributed by atoms with Crippen molar-refractivity contribution >= 4 is 17.2 Å². The smallest absolute Gasteiger partial charge is 0.136 e. The van der Waals surface area contributed by atoms with Crippen LogP contribution in [0, 0.1) is 6.92 Å². The molecule has 3 rings (SSSR count). The van der Waals surface area contributed by atoms with Gasteiger partial charge >= 0.3 is 0 Å². The summed E-state index contributed by atoms with van der Waals surface area (Å²) in [5.41, 5.74) is 10.4. The molecular formula is C16H19N3. The van der Waals surface area contributed by atoms with Crippen molar-refractivity contribution in [3.05, 3.63) is 47.7 Å². The van der Waals surface area contributed by atoms with Gasteiger partial charge in [0.2, 0.25) is 0 Å². The van der Waals surface area contributed by atoms with Gasteiger partial charge in [0.1, 0.15) is 5.82 Å². The number of hydrogen-bond donors (Lipinski definition) is 1. The lowest BCUT2D eigenvalue weighted by Crippen LogP contribution is -2.20. The summed E-state index contributed by atoms with van der Waals surface area (Å²) < 4.78 is 0. The summed E-state index contributed by atoms with van der Waals surface area (Å²) in [6.07, 6.45) is 5.33. The minimum atomic E-state index is 0.726. The molecule has 0 amide bonds. The van der Waals surface area contributed by atoms with E-state index in [2.05, 4.69) is 41.1 Å². The molecule has 0 bridgehead atoms. The Morgan fingerprint density at radius 3 is 2.89 bits per heavy atom. The number of para-hydroxylation sites is 1. The molecule has 0 saturated heterocycles. The van der Waals surface area contributed by atoms with Crippen LogP contribution in [0.5, 0.6) is 0 Å². The highest BCUT2D eigenvalue weighted by Crippen LogP contribution is 2.33. The predicted molar refractivity (Wildman–Crippen MR) is 79.8 cm³/mol. The lowest BCUT2D eigenvalue weighted by atomic mass is 10.1. The Balaban J connectivity index is 2.09. The van der Waals surface area contributed by atoms with Gasteiger partial charge in [0.25, 0.3) is 0 Å². The second-order valence-corrected chi connectivity index (χ2v) is 5.15. The number of aryl methyl sites for hydroxylation is 2. The molecule has 1 aromatic carbocycles. The highest BCUT2D eigenvalue weighted by Gasteiger charge is 2.18. The number of nitrogens with two attached hydrogens (primary N) is 1. The fraction of sp³-hybridized carbons (Fsp3) is 0.312. The van der Waals surface area contributed by atoms with Gasteiger partial charge in [-0.25, -0.2) is 4.98 Å². The molecule has 2 heterocycles. The summed E-state index contributed by atoms with van der Waals surface area (Å²) in [6.45, 7) is 3.10. The van der Waals surface area contributed by atoms with E-state index in [0.717, 1.165) is 30.0 Å². The zero-order valence-corrected chi connectivity index (χ0v) is 11.3. The van der Waals surface area contributed by atoms with Crippen LogP contribution >= 0.6 is 0 Å². The van der Waals surface area contributed by atoms with Crippen molar-refractivity contribution in [2.45, 2.75) is 26.2 Å². The zero-order valence-electron chi connectivity index (χ0n) is 11.3. The predicted octanol–water partition coefficient (Wildman–Crippen LogP) is 3.45. The topological polar surface area (TPSA) is 42.1 Å². The molecule has 98 valence electrons. The van der Waals surface area contributed by atoms with Crippen LogP contribution < -0.4 is 10.6 Å². The summed E-state index contributed by atoms with van der Waals surface area (Å²) in [5, 5.41) is 0. The van der Waals surface area contributed by atoms with E-state index in [9.17, 15) is 0 Å². The number of hydrogen-bond acceptors (Lipinski definition) is 3. The van der Waals surface area contributed by atoms with Crippen LogP contribution in [-0.4, -0.2) is 11.5 Å². The van der Waals surface area contributed by atoms with Gasteiger partial charge in [-0.2, -0.15) is 0 Å². The normalized spacial score (nSPS) is 14.9. The fourth-order valence-electron chi connectivity index (χ4n) is 2.78. The van der Waals surface area contributed by atoms with E-state index in [0.29, 0.717) is 0 Å². The first kappa shape index (κ1) is 12.0. The van der Waals surface area contributed by atoms with E-state index >= 15 is 0 Å². The minimum absolute atomic E-state index is 0.726. The molecule has 0 saturated carbocycles. The second kappa shape index (κ2) is 4.92. The number of nitrogens with zero attached hydrogens (tertiary/aromatic N) is 2. The molecular weight excluding hydrogens is 234 g/mol. The lowest BCUT2D eigenvalue weighted by Gasteiger charge is -2.25. The molecule has 0 fully saturated rings. The Kier molecular flexibility index (Phi) is 3.11. The van der Waals surface area contributed by atoms with Crippen molar-refractivity contribution in [2.24, 2.45) is 0 Å². The van der Waals surface area contributed by atoms with Crippen molar-refractivity contribution in [1.29, 1.82) is 0 Å². The number of nitrogen functional groups attached to an aromatic ring is 1. The van der Waals surface area contributed by atoms with Gasteiger partial charge in [-0.15, -0.1) is 0 Å². The van der Waals surface area contributed by atoms with E-state index in [1.54, 1.807) is 6.20 Å². The second-order valence-electron chi connectivity index (χ2n) is 5.15. The van der Waals surface area contributed by atoms with E-state index in [1.165, 1.54) is 24.1 Å². The van der Waals surface area contributed by atoms with Gasteiger partial charge in [-0.1, -0.05) is 18.2 Å². The van der Waals surface area contributed by atoms with Crippen molar-refractivity contribution in [3.8, 4) is 0 Å². The standard InChI is InChI=1S/C16H19N3/c1-12-10-14(17)11-18-16(12)19-9-5-4-7-13-6-2-3-8-15(13)19/h2-3,6,8,10-11H,4-5,7,9,17H2,1H3. The lowest BCUT2D eigenvalue weighted by molar-refractivity contribution is 0.757. The van der Waals surface area contributed by atoms with E-state index in [4.69, 9.17) is 5.73 Å². The van der Waals surface area contributed by atoms with Crippen molar-refractivity contribution in [2.75, 3.05) is 17.2 Å². The Morgan fingerprint density at radius 1 is 1.21 bits per heavy atom. The molecule has 19 heavy (non-hydrogen) atoms. The van der Waals surface area contributed by atoms with Gasteiger partial charge in [0.15, 0.2) is 0 Å². The van der Waals surface area contributed by atoms with E-state index < -0.39 is 0 Å². The first-order valence-corrected chi connectivity index (χ1v) is 6.83. The maximum Gasteiger partial charge on any atom is 0.136 e. The average Bonchev–Trinajstić information content (AvgIpc) is 2.61. The Morgan fingerprint density at radius 2 is 2.05 bits per heavy atom. The molecule has 1 aliphatic rings. The third kappa shape index (κ3) is 2.28. The number of rotatable bonds is 1. The Labute approximate surface area is 114 Å². The number of aromatic nitrogens is 1. The number of pyridine rings is 1. The first-order chi connectivity index (χ1) is 9.25. The SMILES string of the molecule is Cc1cc(N)cnc1N1CCCCc2ccccc21. The van der Waals surface area contributed by atoms with Crippen LogP contribution in [0.4, 0.5) is 17.2 Å². The van der Waals surface area contributed by atoms with Gasteiger partial charge in [-0.3, -0.25) is 0 Å². The van der Waals surface area contributed by atoms with Crippen LogP contribution in [0.3, 0.4) is 0 Å². The van der Waals surface area contributed by atoms with Crippen LogP contribution in [0.25, 0.3) is 0 Å². The Hall–Kier alpha value is -2.03. The fourth-order valence-corrected chi connectivity index (χ4v) is 2.78. The summed E-state index contributed by atoms with van der Waals surface area (Å²) in [5.74, 6) is 1.03. The number of anilines is 3. The minimum Gasteiger partial charge on any atom is -0.397 e. The zero-order chi connectivity index (χ0) is 13.2. The largest absolute Gasteiger partial charge is 0.397 e. The van der Waals surface area contributed by atoms with Crippen LogP contribution in [0.2, 0.25) is 0 Å². The summed E-state index contributed by atoms with van der Waals surface area (Å²) >= 11 is 0. The molecule has 3 heteroatoms. The molecule has 2 aromatic rings. The monoisotopic (exact) mass is 253 g/mol. The van der Waals surface area contributed by atoms with Gasteiger partial charge in [0.05, 0.1) is 11.9 Å². The molecule has 0 spiro atoms. The molecule has 1 aliphatic heterocycles. The van der Waals surface area contributed by atoms with Gasteiger partial charge in [-0.05, 0) is 49.4 Å². The van der Waals surface area contributed by atoms with Crippen LogP contribution in [0.1, 0.15) is 24.0 Å². The molecule has 3 nitrogen and oxygen atoms in total. The molecule has 0 unspecified atom stereocenters. The molecule has 1 aromatic heterocycles. The molecule has 2 N–H and O–H groups in total. The van der Waals surface area contributed by atoms with Crippen molar-refractivity contribution < 1.29 is 0 Å². The molecule has 0 atom stereocenters. The average molecular weight is 253 g/mol. The first-order valence-electron chi connectivity index (χ1n) is 6.83. The summed E-state index contributed by atoms with van der Waals surface area (Å²) in [4.78, 5) is 6.87. The summed E-state index contributed by atoms with van der Waals surface area (Å²) in [7, 11) is 0. The van der Waals surface area contributed by atoms with Crippen LogP contribution in [-0.2, 0) is 6.42 Å². The quantitative estimate of drug-likeness (QED) is 0.846. The van der Waals surface area contributed by atoms with E-state index in [-0.39, 0.29) is 0 Å². The highest BCUT2D eigenvalue weighted by molar-refractivity contribution is 5.67. The van der Waals surface area contributed by atoms with Gasteiger partial charge < -0.3 is 10.6 Å². The molecule has 0 aliphatic carbocycles. The maximum atomic E-state index is 5.80.